The molecule has 2 aliphatic rings. The highest BCUT2D eigenvalue weighted by atomic mass is 32.2. The normalized spacial score (nSPS) is 17.4. The molecule has 1 N–H and O–H groups in total. The van der Waals surface area contributed by atoms with E-state index in [2.05, 4.69) is 72.6 Å². The third kappa shape index (κ3) is 5.25. The van der Waals surface area contributed by atoms with E-state index in [4.69, 9.17) is 9.97 Å². The fourth-order valence-electron chi connectivity index (χ4n) is 4.68. The monoisotopic (exact) mass is 486 g/mol. The molecule has 0 spiro atoms. The van der Waals surface area contributed by atoms with Crippen LogP contribution in [0.2, 0.25) is 0 Å². The van der Waals surface area contributed by atoms with Crippen LogP contribution in [0.15, 0.2) is 48.5 Å². The Hall–Kier alpha value is -3.19. The van der Waals surface area contributed by atoms with Crippen molar-refractivity contribution in [2.45, 2.75) is 51.2 Å². The number of aryl methyl sites for hydroxylation is 3. The van der Waals surface area contributed by atoms with Gasteiger partial charge in [0.25, 0.3) is 5.24 Å². The Labute approximate surface area is 210 Å². The summed E-state index contributed by atoms with van der Waals surface area (Å²) in [6, 6.07) is 17.0. The van der Waals surface area contributed by atoms with Crippen molar-refractivity contribution in [2.24, 2.45) is 0 Å². The van der Waals surface area contributed by atoms with E-state index in [9.17, 15) is 9.59 Å². The zero-order valence-electron chi connectivity index (χ0n) is 20.2. The summed E-state index contributed by atoms with van der Waals surface area (Å²) < 4.78 is 0. The van der Waals surface area contributed by atoms with Crippen LogP contribution in [0.3, 0.4) is 0 Å². The molecule has 3 heterocycles. The Morgan fingerprint density at radius 2 is 1.54 bits per heavy atom. The minimum absolute atomic E-state index is 0.152. The minimum Gasteiger partial charge on any atom is -0.355 e. The molecular weight excluding hydrogens is 456 g/mol. The van der Waals surface area contributed by atoms with Gasteiger partial charge in [-0.15, -0.1) is 0 Å². The number of imide groups is 1. The predicted octanol–water partition coefficient (Wildman–Crippen LogP) is 5.70. The molecule has 0 saturated carbocycles. The van der Waals surface area contributed by atoms with Gasteiger partial charge in [-0.3, -0.25) is 14.9 Å². The van der Waals surface area contributed by atoms with Crippen LogP contribution in [-0.2, 0) is 11.2 Å². The highest BCUT2D eigenvalue weighted by Gasteiger charge is 2.31. The number of hydrogen-bond donors (Lipinski definition) is 1. The Balaban J connectivity index is 1.40. The van der Waals surface area contributed by atoms with E-state index in [0.29, 0.717) is 0 Å². The molecule has 2 aliphatic heterocycles. The van der Waals surface area contributed by atoms with Gasteiger partial charge in [-0.2, -0.15) is 0 Å². The molecule has 2 aromatic carbocycles. The first-order chi connectivity index (χ1) is 17.0. The molecule has 0 bridgehead atoms. The average Bonchev–Trinajstić information content (AvgIpc) is 3.18. The molecule has 0 unspecified atom stereocenters. The maximum absolute atomic E-state index is 11.8. The molecular formula is C28H30N4O2S. The second kappa shape index (κ2) is 10.2. The number of fused-ring (bicyclic) bond motifs is 1. The number of amides is 2. The van der Waals surface area contributed by atoms with Crippen molar-refractivity contribution in [1.82, 2.24) is 15.3 Å². The van der Waals surface area contributed by atoms with Gasteiger partial charge in [-0.25, -0.2) is 9.97 Å². The quantitative estimate of drug-likeness (QED) is 0.432. The number of thioether (sulfide) groups is 1. The van der Waals surface area contributed by atoms with Crippen molar-refractivity contribution in [1.29, 1.82) is 0 Å². The molecule has 0 aliphatic carbocycles. The lowest BCUT2D eigenvalue weighted by atomic mass is 10.0. The van der Waals surface area contributed by atoms with Crippen molar-refractivity contribution >= 4 is 28.7 Å². The lowest BCUT2D eigenvalue weighted by molar-refractivity contribution is -0.119. The lowest BCUT2D eigenvalue weighted by Gasteiger charge is -2.30. The number of carbonyl (C=O) groups is 2. The SMILES string of the molecule is Cc1ccc(-c2nc3c(nc2-c2ccc(C)cc2)N(CCCC[C@H]2SC(=O)NC2=O)CCC3)cc1. The zero-order valence-corrected chi connectivity index (χ0v) is 21.0. The predicted molar refractivity (Wildman–Crippen MR) is 142 cm³/mol. The number of nitrogens with zero attached hydrogens (tertiary/aromatic N) is 3. The number of hydrogen-bond acceptors (Lipinski definition) is 6. The van der Waals surface area contributed by atoms with Crippen LogP contribution >= 0.6 is 11.8 Å². The Kier molecular flexibility index (Phi) is 6.86. The fraction of sp³-hybridized carbons (Fsp3) is 0.357. The van der Waals surface area contributed by atoms with Crippen LogP contribution < -0.4 is 10.2 Å². The minimum atomic E-state index is -0.249. The Morgan fingerprint density at radius 3 is 2.14 bits per heavy atom. The van der Waals surface area contributed by atoms with Gasteiger partial charge >= 0.3 is 0 Å². The van der Waals surface area contributed by atoms with Crippen molar-refractivity contribution in [3.63, 3.8) is 0 Å². The number of benzene rings is 2. The first-order valence-electron chi connectivity index (χ1n) is 12.3. The molecule has 1 atom stereocenters. The molecule has 7 heteroatoms. The van der Waals surface area contributed by atoms with Gasteiger partial charge < -0.3 is 4.90 Å². The van der Waals surface area contributed by atoms with E-state index in [1.165, 1.54) is 11.1 Å². The van der Waals surface area contributed by atoms with Crippen LogP contribution in [0.5, 0.6) is 0 Å². The molecule has 5 rings (SSSR count). The summed E-state index contributed by atoms with van der Waals surface area (Å²) in [6.45, 7) is 6.01. The smallest absolute Gasteiger partial charge is 0.286 e. The van der Waals surface area contributed by atoms with Crippen molar-refractivity contribution in [3.8, 4) is 22.5 Å². The number of rotatable bonds is 7. The van der Waals surface area contributed by atoms with Gasteiger partial charge in [0, 0.05) is 24.2 Å². The summed E-state index contributed by atoms with van der Waals surface area (Å²) >= 11 is 1.11. The molecule has 2 amide bonds. The van der Waals surface area contributed by atoms with Crippen LogP contribution in [0, 0.1) is 13.8 Å². The van der Waals surface area contributed by atoms with Gasteiger partial charge in [-0.05, 0) is 39.5 Å². The molecule has 0 radical (unpaired) electrons. The largest absolute Gasteiger partial charge is 0.355 e. The number of nitrogens with one attached hydrogen (secondary N) is 1. The molecule has 6 nitrogen and oxygen atoms in total. The third-order valence-corrected chi connectivity index (χ3v) is 7.70. The van der Waals surface area contributed by atoms with E-state index < -0.39 is 0 Å². The van der Waals surface area contributed by atoms with Gasteiger partial charge in [0.05, 0.1) is 22.3 Å². The molecule has 1 saturated heterocycles. The van der Waals surface area contributed by atoms with E-state index in [1.807, 2.05) is 0 Å². The summed E-state index contributed by atoms with van der Waals surface area (Å²) in [5.74, 6) is 0.825. The molecule has 180 valence electrons. The van der Waals surface area contributed by atoms with Gasteiger partial charge in [-0.1, -0.05) is 77.8 Å². The maximum Gasteiger partial charge on any atom is 0.286 e. The van der Waals surface area contributed by atoms with Crippen molar-refractivity contribution < 1.29 is 9.59 Å². The molecule has 35 heavy (non-hydrogen) atoms. The summed E-state index contributed by atoms with van der Waals surface area (Å²) in [6.07, 6.45) is 4.53. The van der Waals surface area contributed by atoms with Crippen molar-refractivity contribution in [2.75, 3.05) is 18.0 Å². The zero-order chi connectivity index (χ0) is 24.4. The molecule has 1 fully saturated rings. The topological polar surface area (TPSA) is 75.2 Å². The van der Waals surface area contributed by atoms with E-state index >= 15 is 0 Å². The van der Waals surface area contributed by atoms with Gasteiger partial charge in [0.1, 0.15) is 0 Å². The average molecular weight is 487 g/mol. The summed E-state index contributed by atoms with van der Waals surface area (Å²) in [7, 11) is 0. The second-order valence-electron chi connectivity index (χ2n) is 9.39. The van der Waals surface area contributed by atoms with Crippen LogP contribution in [0.1, 0.15) is 42.5 Å². The summed E-state index contributed by atoms with van der Waals surface area (Å²) in [5, 5.41) is 1.90. The highest BCUT2D eigenvalue weighted by molar-refractivity contribution is 8.15. The fourth-order valence-corrected chi connectivity index (χ4v) is 5.55. The van der Waals surface area contributed by atoms with E-state index in [1.54, 1.807) is 0 Å². The summed E-state index contributed by atoms with van der Waals surface area (Å²) in [5.41, 5.74) is 7.50. The Bertz CT molecular complexity index is 1240. The highest BCUT2D eigenvalue weighted by Crippen LogP contribution is 2.35. The number of aromatic nitrogens is 2. The first kappa shape index (κ1) is 23.5. The first-order valence-corrected chi connectivity index (χ1v) is 13.2. The van der Waals surface area contributed by atoms with Crippen LogP contribution in [0.4, 0.5) is 10.6 Å². The maximum atomic E-state index is 11.8. The number of unbranched alkanes of at least 4 members (excludes halogenated alkanes) is 1. The number of anilines is 1. The number of carbonyl (C=O) groups excluding carboxylic acids is 2. The Morgan fingerprint density at radius 1 is 0.914 bits per heavy atom. The molecule has 1 aromatic heterocycles. The van der Waals surface area contributed by atoms with Crippen LogP contribution in [-0.4, -0.2) is 39.5 Å². The van der Waals surface area contributed by atoms with E-state index in [-0.39, 0.29) is 16.4 Å². The van der Waals surface area contributed by atoms with Gasteiger partial charge in [0.2, 0.25) is 5.91 Å². The third-order valence-electron chi connectivity index (χ3n) is 6.65. The standard InChI is InChI=1S/C28H30N4O2S/c1-18-8-12-20(13-9-18)24-25(21-14-10-19(2)11-15-21)30-26-22(29-24)6-5-17-32(26)16-4-3-7-23-27(33)31-28(34)35-23/h8-15,23H,3-7,16-17H2,1-2H3,(H,31,33,34)/t23-/m1/s1. The van der Waals surface area contributed by atoms with Crippen molar-refractivity contribution in [3.05, 3.63) is 65.4 Å². The van der Waals surface area contributed by atoms with Crippen LogP contribution in [0.25, 0.3) is 22.5 Å². The lowest BCUT2D eigenvalue weighted by Crippen LogP contribution is -2.32. The second-order valence-corrected chi connectivity index (χ2v) is 10.6. The van der Waals surface area contributed by atoms with Gasteiger partial charge in [0.15, 0.2) is 5.82 Å². The molecule has 3 aromatic rings. The van der Waals surface area contributed by atoms with E-state index in [0.717, 1.165) is 91.0 Å². The summed E-state index contributed by atoms with van der Waals surface area (Å²) in [4.78, 5) is 36.0.